The Labute approximate surface area is 173 Å². The van der Waals surface area contributed by atoms with Crippen molar-refractivity contribution in [2.75, 3.05) is 5.32 Å². The fraction of sp³-hybridized carbons (Fsp3) is 0.391. The molecule has 30 heavy (non-hydrogen) atoms. The average molecular weight is 417 g/mol. The Balaban J connectivity index is 1.82. The quantitative estimate of drug-likeness (QED) is 0.463. The van der Waals surface area contributed by atoms with Gasteiger partial charge in [-0.05, 0) is 79.6 Å². The zero-order valence-corrected chi connectivity index (χ0v) is 17.4. The number of hydrogen-bond donors (Lipinski definition) is 2. The number of carbonyl (C=O) groups excluding carboxylic acids is 1. The third-order valence-electron chi connectivity index (χ3n) is 5.32. The molecule has 4 nitrogen and oxygen atoms in total. The Morgan fingerprint density at radius 1 is 1.10 bits per heavy atom. The van der Waals surface area contributed by atoms with E-state index >= 15 is 0 Å². The van der Waals surface area contributed by atoms with Crippen LogP contribution in [0.3, 0.4) is 0 Å². The molecule has 0 saturated heterocycles. The normalized spacial score (nSPS) is 11.8. The van der Waals surface area contributed by atoms with Crippen molar-refractivity contribution in [2.45, 2.75) is 59.1 Å². The molecule has 1 amide bonds. The molecule has 1 heterocycles. The van der Waals surface area contributed by atoms with E-state index in [1.807, 2.05) is 31.3 Å². The molecule has 160 valence electrons. The SMILES string of the molecule is CCCCCc1[nH]nc2ccc(Cc3c(C)cc(NC(=O)C(F)(F)F)cc3C)cc12. The Kier molecular flexibility index (Phi) is 6.48. The summed E-state index contributed by atoms with van der Waals surface area (Å²) in [5.74, 6) is -1.96. The number of amides is 1. The number of alkyl halides is 3. The second-order valence-corrected chi connectivity index (χ2v) is 7.73. The summed E-state index contributed by atoms with van der Waals surface area (Å²) in [6.07, 6.45) is 0.155. The number of nitrogens with zero attached hydrogens (tertiary/aromatic N) is 1. The molecule has 3 aromatic rings. The first-order chi connectivity index (χ1) is 14.2. The second kappa shape index (κ2) is 8.90. The first kappa shape index (κ1) is 21.9. The predicted molar refractivity (Wildman–Crippen MR) is 113 cm³/mol. The van der Waals surface area contributed by atoms with Crippen molar-refractivity contribution < 1.29 is 18.0 Å². The molecule has 0 spiro atoms. The third kappa shape index (κ3) is 5.01. The van der Waals surface area contributed by atoms with Crippen LogP contribution in [0, 0.1) is 13.8 Å². The lowest BCUT2D eigenvalue weighted by atomic mass is 9.94. The number of aromatic nitrogens is 2. The molecule has 0 atom stereocenters. The van der Waals surface area contributed by atoms with E-state index in [1.54, 1.807) is 12.1 Å². The van der Waals surface area contributed by atoms with Gasteiger partial charge in [0.15, 0.2) is 0 Å². The number of carbonyl (C=O) groups is 1. The number of hydrogen-bond acceptors (Lipinski definition) is 2. The molecule has 7 heteroatoms. The van der Waals surface area contributed by atoms with Crippen LogP contribution in [0.5, 0.6) is 0 Å². The van der Waals surface area contributed by atoms with Gasteiger partial charge >= 0.3 is 12.1 Å². The minimum atomic E-state index is -4.91. The zero-order chi connectivity index (χ0) is 21.9. The lowest BCUT2D eigenvalue weighted by Crippen LogP contribution is -2.30. The van der Waals surface area contributed by atoms with E-state index in [0.29, 0.717) is 6.42 Å². The van der Waals surface area contributed by atoms with Crippen molar-refractivity contribution in [3.05, 3.63) is 58.3 Å². The van der Waals surface area contributed by atoms with Crippen molar-refractivity contribution in [2.24, 2.45) is 0 Å². The molecule has 0 aliphatic rings. The number of halogens is 3. The predicted octanol–water partition coefficient (Wildman–Crippen LogP) is 6.00. The summed E-state index contributed by atoms with van der Waals surface area (Å²) in [5, 5.41) is 10.6. The van der Waals surface area contributed by atoms with Gasteiger partial charge in [-0.1, -0.05) is 25.8 Å². The summed E-state index contributed by atoms with van der Waals surface area (Å²) in [6.45, 7) is 5.87. The molecule has 0 aliphatic heterocycles. The largest absolute Gasteiger partial charge is 0.471 e. The molecular formula is C23H26F3N3O. The highest BCUT2D eigenvalue weighted by atomic mass is 19.4. The summed E-state index contributed by atoms with van der Waals surface area (Å²) in [4.78, 5) is 11.2. The van der Waals surface area contributed by atoms with Crippen molar-refractivity contribution in [3.8, 4) is 0 Å². The molecular weight excluding hydrogens is 391 g/mol. The first-order valence-corrected chi connectivity index (χ1v) is 10.1. The van der Waals surface area contributed by atoms with E-state index in [2.05, 4.69) is 23.2 Å². The van der Waals surface area contributed by atoms with Crippen molar-refractivity contribution in [3.63, 3.8) is 0 Å². The van der Waals surface area contributed by atoms with Crippen LogP contribution in [0.4, 0.5) is 18.9 Å². The summed E-state index contributed by atoms with van der Waals surface area (Å²) in [6, 6.07) is 9.32. The first-order valence-electron chi connectivity index (χ1n) is 10.1. The van der Waals surface area contributed by atoms with Gasteiger partial charge in [-0.25, -0.2) is 0 Å². The van der Waals surface area contributed by atoms with Crippen LogP contribution in [0.25, 0.3) is 10.9 Å². The van der Waals surface area contributed by atoms with Crippen LogP contribution in [0.1, 0.15) is 54.1 Å². The Morgan fingerprint density at radius 3 is 2.43 bits per heavy atom. The zero-order valence-electron chi connectivity index (χ0n) is 17.4. The highest BCUT2D eigenvalue weighted by Gasteiger charge is 2.38. The van der Waals surface area contributed by atoms with Crippen LogP contribution in [0.15, 0.2) is 30.3 Å². The number of aromatic amines is 1. The maximum Gasteiger partial charge on any atom is 0.471 e. The summed E-state index contributed by atoms with van der Waals surface area (Å²) in [5.41, 5.74) is 6.04. The van der Waals surface area contributed by atoms with Gasteiger partial charge in [-0.3, -0.25) is 9.89 Å². The molecule has 0 unspecified atom stereocenters. The summed E-state index contributed by atoms with van der Waals surface area (Å²) in [7, 11) is 0. The van der Waals surface area contributed by atoms with Gasteiger partial charge in [0.1, 0.15) is 0 Å². The minimum Gasteiger partial charge on any atom is -0.318 e. The lowest BCUT2D eigenvalue weighted by molar-refractivity contribution is -0.167. The van der Waals surface area contributed by atoms with Gasteiger partial charge in [0.2, 0.25) is 0 Å². The van der Waals surface area contributed by atoms with E-state index in [9.17, 15) is 18.0 Å². The highest BCUT2D eigenvalue weighted by molar-refractivity contribution is 5.95. The lowest BCUT2D eigenvalue weighted by Gasteiger charge is -2.14. The van der Waals surface area contributed by atoms with Gasteiger partial charge < -0.3 is 5.32 Å². The fourth-order valence-corrected chi connectivity index (χ4v) is 3.71. The number of benzene rings is 2. The van der Waals surface area contributed by atoms with Crippen LogP contribution >= 0.6 is 0 Å². The number of aryl methyl sites for hydroxylation is 3. The monoisotopic (exact) mass is 417 g/mol. The highest BCUT2D eigenvalue weighted by Crippen LogP contribution is 2.27. The summed E-state index contributed by atoms with van der Waals surface area (Å²) >= 11 is 0. The van der Waals surface area contributed by atoms with E-state index in [0.717, 1.165) is 58.1 Å². The van der Waals surface area contributed by atoms with Gasteiger partial charge in [0, 0.05) is 16.8 Å². The van der Waals surface area contributed by atoms with Gasteiger partial charge in [-0.15, -0.1) is 0 Å². The van der Waals surface area contributed by atoms with E-state index in [4.69, 9.17) is 0 Å². The van der Waals surface area contributed by atoms with Crippen LogP contribution in [-0.2, 0) is 17.6 Å². The van der Waals surface area contributed by atoms with Gasteiger partial charge in [0.25, 0.3) is 0 Å². The van der Waals surface area contributed by atoms with Crippen LogP contribution in [0.2, 0.25) is 0 Å². The molecule has 0 bridgehead atoms. The van der Waals surface area contributed by atoms with Crippen molar-refractivity contribution in [1.29, 1.82) is 0 Å². The standard InChI is InChI=1S/C23H26F3N3O/c1-4-5-6-7-20-19-13-16(8-9-21(19)29-28-20)12-18-14(2)10-17(11-15(18)3)27-22(30)23(24,25)26/h8-11,13H,4-7,12H2,1-3H3,(H,27,30)(H,28,29). The molecule has 3 rings (SSSR count). The number of H-pyrrole nitrogens is 1. The Hall–Kier alpha value is -2.83. The Bertz CT molecular complexity index is 1030. The maximum atomic E-state index is 12.5. The van der Waals surface area contributed by atoms with E-state index < -0.39 is 12.1 Å². The van der Waals surface area contributed by atoms with Gasteiger partial charge in [0.05, 0.1) is 5.52 Å². The number of nitrogens with one attached hydrogen (secondary N) is 2. The molecule has 2 aromatic carbocycles. The number of anilines is 1. The van der Waals surface area contributed by atoms with Crippen molar-refractivity contribution >= 4 is 22.5 Å². The average Bonchev–Trinajstić information content (AvgIpc) is 3.06. The topological polar surface area (TPSA) is 57.8 Å². The molecule has 1 aromatic heterocycles. The maximum absolute atomic E-state index is 12.5. The number of fused-ring (bicyclic) bond motifs is 1. The smallest absolute Gasteiger partial charge is 0.318 e. The second-order valence-electron chi connectivity index (χ2n) is 7.73. The summed E-state index contributed by atoms with van der Waals surface area (Å²) < 4.78 is 37.5. The van der Waals surface area contributed by atoms with E-state index in [1.165, 1.54) is 6.42 Å². The van der Waals surface area contributed by atoms with E-state index in [-0.39, 0.29) is 5.69 Å². The molecule has 2 N–H and O–H groups in total. The molecule has 0 radical (unpaired) electrons. The van der Waals surface area contributed by atoms with Crippen LogP contribution < -0.4 is 5.32 Å². The Morgan fingerprint density at radius 2 is 1.80 bits per heavy atom. The molecule has 0 aliphatic carbocycles. The molecule has 0 fully saturated rings. The van der Waals surface area contributed by atoms with Crippen LogP contribution in [-0.4, -0.2) is 22.3 Å². The fourth-order valence-electron chi connectivity index (χ4n) is 3.71. The molecule has 0 saturated carbocycles. The number of rotatable bonds is 7. The van der Waals surface area contributed by atoms with Crippen molar-refractivity contribution in [1.82, 2.24) is 10.2 Å². The number of unbranched alkanes of at least 4 members (excludes halogenated alkanes) is 2. The van der Waals surface area contributed by atoms with Gasteiger partial charge in [-0.2, -0.15) is 18.3 Å². The third-order valence-corrected chi connectivity index (χ3v) is 5.32. The minimum absolute atomic E-state index is 0.152.